The molecule has 140 valence electrons. The fourth-order valence-corrected chi connectivity index (χ4v) is 3.11. The number of hydroxylamine groups is 1. The van der Waals surface area contributed by atoms with E-state index >= 15 is 0 Å². The quantitative estimate of drug-likeness (QED) is 0.481. The molecule has 0 bridgehead atoms. The van der Waals surface area contributed by atoms with Crippen LogP contribution in [-0.2, 0) is 14.8 Å². The predicted octanol–water partition coefficient (Wildman–Crippen LogP) is 1.76. The van der Waals surface area contributed by atoms with Crippen LogP contribution >= 0.6 is 11.6 Å². The third kappa shape index (κ3) is 5.33. The van der Waals surface area contributed by atoms with Gasteiger partial charge in [0, 0.05) is 5.02 Å². The third-order valence-corrected chi connectivity index (χ3v) is 4.74. The summed E-state index contributed by atoms with van der Waals surface area (Å²) in [6.45, 7) is -0.553. The van der Waals surface area contributed by atoms with E-state index in [9.17, 15) is 18.3 Å². The van der Waals surface area contributed by atoms with Crippen LogP contribution in [0.5, 0.6) is 11.5 Å². The minimum Gasteiger partial charge on any atom is -0.457 e. The number of aliphatic hydroxyl groups is 1. The second-order valence-electron chi connectivity index (χ2n) is 5.34. The zero-order valence-electron chi connectivity index (χ0n) is 13.7. The molecule has 0 aliphatic carbocycles. The van der Waals surface area contributed by atoms with Crippen LogP contribution in [0.25, 0.3) is 0 Å². The average Bonchev–Trinajstić information content (AvgIpc) is 2.60. The molecule has 0 aromatic heterocycles. The van der Waals surface area contributed by atoms with Crippen LogP contribution in [0.15, 0.2) is 48.5 Å². The lowest BCUT2D eigenvalue weighted by Gasteiger charge is -2.24. The fraction of sp³-hybridized carbons (Fsp3) is 0.188. The van der Waals surface area contributed by atoms with Crippen molar-refractivity contribution in [1.82, 2.24) is 5.48 Å². The Kier molecular flexibility index (Phi) is 6.43. The predicted molar refractivity (Wildman–Crippen MR) is 96.1 cm³/mol. The van der Waals surface area contributed by atoms with Gasteiger partial charge in [-0.15, -0.1) is 0 Å². The molecule has 0 saturated heterocycles. The standard InChI is InChI=1S/C16H17ClN2O6S/c1-26(23,24)19(10-15(20)16(21)18-22)12-4-8-14(9-5-12)25-13-6-2-11(17)3-7-13/h2-9,15,20,22H,10H2,1H3,(H,18,21). The highest BCUT2D eigenvalue weighted by Crippen LogP contribution is 2.26. The Labute approximate surface area is 155 Å². The molecule has 2 rings (SSSR count). The van der Waals surface area contributed by atoms with Gasteiger partial charge in [0.05, 0.1) is 18.5 Å². The maximum absolute atomic E-state index is 12.0. The number of hydrogen-bond acceptors (Lipinski definition) is 6. The van der Waals surface area contributed by atoms with E-state index in [4.69, 9.17) is 21.5 Å². The summed E-state index contributed by atoms with van der Waals surface area (Å²) >= 11 is 5.80. The lowest BCUT2D eigenvalue weighted by Crippen LogP contribution is -2.44. The number of aliphatic hydroxyl groups excluding tert-OH is 1. The van der Waals surface area contributed by atoms with Gasteiger partial charge in [-0.3, -0.25) is 14.3 Å². The van der Waals surface area contributed by atoms with Crippen molar-refractivity contribution < 1.29 is 28.3 Å². The number of benzene rings is 2. The fourth-order valence-electron chi connectivity index (χ4n) is 2.07. The van der Waals surface area contributed by atoms with Gasteiger partial charge in [0.15, 0.2) is 6.10 Å². The van der Waals surface area contributed by atoms with Crippen molar-refractivity contribution in [3.8, 4) is 11.5 Å². The van der Waals surface area contributed by atoms with Gasteiger partial charge in [0.25, 0.3) is 5.91 Å². The summed E-state index contributed by atoms with van der Waals surface area (Å²) in [4.78, 5) is 11.2. The lowest BCUT2D eigenvalue weighted by atomic mass is 10.2. The summed E-state index contributed by atoms with van der Waals surface area (Å²) in [6.07, 6.45) is -0.797. The summed E-state index contributed by atoms with van der Waals surface area (Å²) in [6, 6.07) is 12.7. The van der Waals surface area contributed by atoms with Gasteiger partial charge >= 0.3 is 0 Å². The van der Waals surface area contributed by atoms with Crippen LogP contribution in [0, 0.1) is 0 Å². The first-order valence-electron chi connectivity index (χ1n) is 7.34. The van der Waals surface area contributed by atoms with E-state index in [0.29, 0.717) is 16.5 Å². The normalized spacial score (nSPS) is 12.3. The Morgan fingerprint density at radius 3 is 2.12 bits per heavy atom. The molecule has 0 aliphatic rings. The zero-order chi connectivity index (χ0) is 19.3. The maximum Gasteiger partial charge on any atom is 0.274 e. The topological polar surface area (TPSA) is 116 Å². The molecule has 2 aromatic carbocycles. The molecule has 1 amide bonds. The molecule has 10 heteroatoms. The molecule has 1 atom stereocenters. The first-order chi connectivity index (χ1) is 12.2. The van der Waals surface area contributed by atoms with Gasteiger partial charge in [-0.1, -0.05) is 11.6 Å². The summed E-state index contributed by atoms with van der Waals surface area (Å²) < 4.78 is 30.4. The minimum absolute atomic E-state index is 0.223. The molecule has 0 fully saturated rings. The number of rotatable bonds is 7. The van der Waals surface area contributed by atoms with Crippen LogP contribution in [-0.4, -0.2) is 43.5 Å². The highest BCUT2D eigenvalue weighted by Gasteiger charge is 2.25. The van der Waals surface area contributed by atoms with Gasteiger partial charge < -0.3 is 9.84 Å². The summed E-state index contributed by atoms with van der Waals surface area (Å²) in [7, 11) is -3.78. The number of hydrogen-bond donors (Lipinski definition) is 3. The first-order valence-corrected chi connectivity index (χ1v) is 9.56. The molecule has 8 nitrogen and oxygen atoms in total. The van der Waals surface area contributed by atoms with Crippen LogP contribution in [0.4, 0.5) is 5.69 Å². The molecular formula is C16H17ClN2O6S. The van der Waals surface area contributed by atoms with Crippen molar-refractivity contribution >= 4 is 33.2 Å². The Morgan fingerprint density at radius 2 is 1.65 bits per heavy atom. The van der Waals surface area contributed by atoms with Gasteiger partial charge in [-0.25, -0.2) is 13.9 Å². The van der Waals surface area contributed by atoms with Gasteiger partial charge in [0.1, 0.15) is 11.5 Å². The highest BCUT2D eigenvalue weighted by atomic mass is 35.5. The lowest BCUT2D eigenvalue weighted by molar-refractivity contribution is -0.137. The van der Waals surface area contributed by atoms with E-state index < -0.39 is 28.6 Å². The number of nitrogens with zero attached hydrogens (tertiary/aromatic N) is 1. The van der Waals surface area contributed by atoms with Crippen LogP contribution in [0.2, 0.25) is 5.02 Å². The molecule has 0 spiro atoms. The Bertz CT molecular complexity index is 855. The van der Waals surface area contributed by atoms with Gasteiger partial charge in [-0.05, 0) is 48.5 Å². The van der Waals surface area contributed by atoms with Gasteiger partial charge in [0.2, 0.25) is 10.0 Å². The molecule has 0 radical (unpaired) electrons. The van der Waals surface area contributed by atoms with E-state index in [1.807, 2.05) is 0 Å². The summed E-state index contributed by atoms with van der Waals surface area (Å²) in [5, 5.41) is 18.8. The molecular weight excluding hydrogens is 384 g/mol. The van der Waals surface area contributed by atoms with Crippen molar-refractivity contribution in [3.05, 3.63) is 53.6 Å². The monoisotopic (exact) mass is 400 g/mol. The highest BCUT2D eigenvalue weighted by molar-refractivity contribution is 7.92. The molecule has 0 heterocycles. The third-order valence-electron chi connectivity index (χ3n) is 3.33. The van der Waals surface area contributed by atoms with E-state index in [0.717, 1.165) is 10.6 Å². The molecule has 2 aromatic rings. The second kappa shape index (κ2) is 8.37. The first kappa shape index (κ1) is 20.0. The minimum atomic E-state index is -3.78. The van der Waals surface area contributed by atoms with Crippen molar-refractivity contribution in [1.29, 1.82) is 0 Å². The van der Waals surface area contributed by atoms with Crippen molar-refractivity contribution in [2.24, 2.45) is 0 Å². The Hall–Kier alpha value is -2.33. The van der Waals surface area contributed by atoms with Crippen LogP contribution in [0.3, 0.4) is 0 Å². The Balaban J connectivity index is 2.19. The largest absolute Gasteiger partial charge is 0.457 e. The van der Waals surface area contributed by atoms with E-state index in [1.165, 1.54) is 17.6 Å². The van der Waals surface area contributed by atoms with Crippen molar-refractivity contribution in [2.45, 2.75) is 6.10 Å². The van der Waals surface area contributed by atoms with E-state index in [2.05, 4.69) is 0 Å². The van der Waals surface area contributed by atoms with Crippen LogP contribution < -0.4 is 14.5 Å². The second-order valence-corrected chi connectivity index (χ2v) is 7.68. The number of carbonyl (C=O) groups excluding carboxylic acids is 1. The van der Waals surface area contributed by atoms with Crippen LogP contribution in [0.1, 0.15) is 0 Å². The smallest absolute Gasteiger partial charge is 0.274 e. The maximum atomic E-state index is 12.0. The van der Waals surface area contributed by atoms with Crippen molar-refractivity contribution in [3.63, 3.8) is 0 Å². The summed E-state index contributed by atoms with van der Waals surface area (Å²) in [5.74, 6) is -0.100. The number of ether oxygens (including phenoxy) is 1. The summed E-state index contributed by atoms with van der Waals surface area (Å²) in [5.41, 5.74) is 1.50. The number of halogens is 1. The molecule has 26 heavy (non-hydrogen) atoms. The van der Waals surface area contributed by atoms with Crippen molar-refractivity contribution in [2.75, 3.05) is 17.1 Å². The molecule has 1 unspecified atom stereocenters. The number of anilines is 1. The zero-order valence-corrected chi connectivity index (χ0v) is 15.2. The SMILES string of the molecule is CS(=O)(=O)N(CC(O)C(=O)NO)c1ccc(Oc2ccc(Cl)cc2)cc1. The molecule has 0 aliphatic heterocycles. The van der Waals surface area contributed by atoms with Gasteiger partial charge in [-0.2, -0.15) is 0 Å². The number of sulfonamides is 1. The average molecular weight is 401 g/mol. The van der Waals surface area contributed by atoms with E-state index in [1.54, 1.807) is 36.4 Å². The molecule has 0 saturated carbocycles. The number of nitrogens with one attached hydrogen (secondary N) is 1. The molecule has 3 N–H and O–H groups in total. The number of carbonyl (C=O) groups is 1. The van der Waals surface area contributed by atoms with E-state index in [-0.39, 0.29) is 5.69 Å². The number of amides is 1. The Morgan fingerprint density at radius 1 is 1.15 bits per heavy atom.